The summed E-state index contributed by atoms with van der Waals surface area (Å²) in [5, 5.41) is 8.59. The first-order chi connectivity index (χ1) is 7.56. The summed E-state index contributed by atoms with van der Waals surface area (Å²) in [7, 11) is 0. The molecule has 1 saturated heterocycles. The van der Waals surface area contributed by atoms with Crippen molar-refractivity contribution < 1.29 is 14.3 Å². The van der Waals surface area contributed by atoms with Crippen molar-refractivity contribution >= 4 is 27.7 Å². The van der Waals surface area contributed by atoms with Crippen molar-refractivity contribution in [3.8, 4) is 0 Å². The predicted molar refractivity (Wildman–Crippen MR) is 59.9 cm³/mol. The summed E-state index contributed by atoms with van der Waals surface area (Å²) < 4.78 is 13.5. The van der Waals surface area contributed by atoms with Crippen LogP contribution in [0.25, 0.3) is 0 Å². The molecule has 4 nitrogen and oxygen atoms in total. The SMILES string of the molecule is O=C(O)CC1CN(c2ccc(Br)c(F)n2)C1. The fraction of sp³-hybridized carbons (Fsp3) is 0.400. The first-order valence-electron chi connectivity index (χ1n) is 4.85. The smallest absolute Gasteiger partial charge is 0.303 e. The lowest BCUT2D eigenvalue weighted by Crippen LogP contribution is -2.48. The monoisotopic (exact) mass is 288 g/mol. The molecule has 2 heterocycles. The van der Waals surface area contributed by atoms with Crippen molar-refractivity contribution in [2.45, 2.75) is 6.42 Å². The van der Waals surface area contributed by atoms with Crippen molar-refractivity contribution in [2.24, 2.45) is 5.92 Å². The Labute approximate surface area is 100 Å². The Hall–Kier alpha value is -1.17. The van der Waals surface area contributed by atoms with E-state index in [1.807, 2.05) is 4.90 Å². The third-order valence-corrected chi connectivity index (χ3v) is 3.12. The van der Waals surface area contributed by atoms with E-state index in [2.05, 4.69) is 20.9 Å². The molecular weight excluding hydrogens is 279 g/mol. The molecular formula is C10H10BrFN2O2. The van der Waals surface area contributed by atoms with Crippen molar-refractivity contribution in [3.63, 3.8) is 0 Å². The number of hydrogen-bond donors (Lipinski definition) is 1. The van der Waals surface area contributed by atoms with Crippen molar-refractivity contribution in [2.75, 3.05) is 18.0 Å². The molecule has 0 atom stereocenters. The first-order valence-corrected chi connectivity index (χ1v) is 5.64. The second kappa shape index (κ2) is 4.37. The van der Waals surface area contributed by atoms with Crippen LogP contribution >= 0.6 is 15.9 Å². The maximum Gasteiger partial charge on any atom is 0.303 e. The highest BCUT2D eigenvalue weighted by molar-refractivity contribution is 9.10. The lowest BCUT2D eigenvalue weighted by atomic mass is 9.96. The minimum atomic E-state index is -0.792. The molecule has 0 radical (unpaired) electrons. The molecule has 1 aromatic heterocycles. The predicted octanol–water partition coefficient (Wildman–Crippen LogP) is 1.89. The lowest BCUT2D eigenvalue weighted by molar-refractivity contribution is -0.138. The summed E-state index contributed by atoms with van der Waals surface area (Å²) in [5.41, 5.74) is 0. The molecule has 0 saturated carbocycles. The van der Waals surface area contributed by atoms with Crippen molar-refractivity contribution in [1.29, 1.82) is 0 Å². The number of carboxylic acids is 1. The van der Waals surface area contributed by atoms with Gasteiger partial charge in [0.05, 0.1) is 10.9 Å². The van der Waals surface area contributed by atoms with Crippen LogP contribution in [0.4, 0.5) is 10.2 Å². The van der Waals surface area contributed by atoms with Crippen molar-refractivity contribution in [3.05, 3.63) is 22.6 Å². The lowest BCUT2D eigenvalue weighted by Gasteiger charge is -2.39. The number of carboxylic acid groups (broad SMARTS) is 1. The Kier molecular flexibility index (Phi) is 3.09. The zero-order chi connectivity index (χ0) is 11.7. The zero-order valence-corrected chi connectivity index (χ0v) is 9.95. The number of anilines is 1. The summed E-state index contributed by atoms with van der Waals surface area (Å²) in [5.74, 6) is -0.632. The van der Waals surface area contributed by atoms with Gasteiger partial charge in [-0.3, -0.25) is 4.79 Å². The number of carbonyl (C=O) groups is 1. The number of halogens is 2. The Morgan fingerprint density at radius 2 is 2.31 bits per heavy atom. The van der Waals surface area contributed by atoms with Crippen LogP contribution in [0, 0.1) is 11.9 Å². The van der Waals surface area contributed by atoms with E-state index in [1.54, 1.807) is 12.1 Å². The van der Waals surface area contributed by atoms with Gasteiger partial charge in [0.25, 0.3) is 0 Å². The Balaban J connectivity index is 1.96. The third kappa shape index (κ3) is 2.32. The van der Waals surface area contributed by atoms with Gasteiger partial charge in [-0.15, -0.1) is 0 Å². The number of hydrogen-bond acceptors (Lipinski definition) is 3. The number of rotatable bonds is 3. The molecule has 16 heavy (non-hydrogen) atoms. The molecule has 6 heteroatoms. The van der Waals surface area contributed by atoms with Crippen LogP contribution in [0.5, 0.6) is 0 Å². The van der Waals surface area contributed by atoms with Gasteiger partial charge in [0.15, 0.2) is 0 Å². The molecule has 1 aromatic rings. The normalized spacial score (nSPS) is 16.0. The van der Waals surface area contributed by atoms with Gasteiger partial charge >= 0.3 is 5.97 Å². The van der Waals surface area contributed by atoms with Gasteiger partial charge < -0.3 is 10.0 Å². The van der Waals surface area contributed by atoms with E-state index in [4.69, 9.17) is 5.11 Å². The number of pyridine rings is 1. The Morgan fingerprint density at radius 3 is 2.88 bits per heavy atom. The van der Waals surface area contributed by atoms with Crippen LogP contribution in [0.3, 0.4) is 0 Å². The van der Waals surface area contributed by atoms with Gasteiger partial charge in [0.1, 0.15) is 5.82 Å². The minimum Gasteiger partial charge on any atom is -0.481 e. The largest absolute Gasteiger partial charge is 0.481 e. The number of nitrogens with zero attached hydrogens (tertiary/aromatic N) is 2. The summed E-state index contributed by atoms with van der Waals surface area (Å²) in [4.78, 5) is 16.1. The van der Waals surface area contributed by atoms with E-state index in [0.717, 1.165) is 0 Å². The fourth-order valence-electron chi connectivity index (χ4n) is 1.72. The molecule has 1 aliphatic rings. The van der Waals surface area contributed by atoms with E-state index in [1.165, 1.54) is 0 Å². The number of aliphatic carboxylic acids is 1. The van der Waals surface area contributed by atoms with Crippen LogP contribution in [0.2, 0.25) is 0 Å². The Morgan fingerprint density at radius 1 is 1.62 bits per heavy atom. The fourth-order valence-corrected chi connectivity index (χ4v) is 1.94. The van der Waals surface area contributed by atoms with Crippen molar-refractivity contribution in [1.82, 2.24) is 4.98 Å². The summed E-state index contributed by atoms with van der Waals surface area (Å²) in [6, 6.07) is 3.31. The van der Waals surface area contributed by atoms with E-state index >= 15 is 0 Å². The molecule has 0 aliphatic carbocycles. The standard InChI is InChI=1S/C10H10BrFN2O2/c11-7-1-2-8(13-10(7)12)14-4-6(5-14)3-9(15)16/h1-2,6H,3-5H2,(H,15,16). The number of aromatic nitrogens is 1. The topological polar surface area (TPSA) is 53.4 Å². The maximum atomic E-state index is 13.1. The maximum absolute atomic E-state index is 13.1. The zero-order valence-electron chi connectivity index (χ0n) is 8.36. The van der Waals surface area contributed by atoms with E-state index < -0.39 is 11.9 Å². The molecule has 1 N–H and O–H groups in total. The molecule has 1 aliphatic heterocycles. The van der Waals surface area contributed by atoms with Crippen LogP contribution < -0.4 is 4.90 Å². The van der Waals surface area contributed by atoms with Crippen LogP contribution in [0.1, 0.15) is 6.42 Å². The summed E-state index contributed by atoms with van der Waals surface area (Å²) >= 11 is 3.03. The van der Waals surface area contributed by atoms with Gasteiger partial charge in [-0.1, -0.05) is 0 Å². The first kappa shape index (κ1) is 11.3. The van der Waals surface area contributed by atoms with Gasteiger partial charge in [0.2, 0.25) is 5.95 Å². The highest BCUT2D eigenvalue weighted by atomic mass is 79.9. The van der Waals surface area contributed by atoms with Gasteiger partial charge in [-0.2, -0.15) is 4.39 Å². The van der Waals surface area contributed by atoms with Gasteiger partial charge in [-0.05, 0) is 28.1 Å². The molecule has 2 rings (SSSR count). The van der Waals surface area contributed by atoms with E-state index in [9.17, 15) is 9.18 Å². The van der Waals surface area contributed by atoms with E-state index in [-0.39, 0.29) is 12.3 Å². The van der Waals surface area contributed by atoms with Gasteiger partial charge in [0, 0.05) is 19.0 Å². The molecule has 86 valence electrons. The molecule has 0 bridgehead atoms. The molecule has 0 aromatic carbocycles. The highest BCUT2D eigenvalue weighted by Crippen LogP contribution is 2.26. The third-order valence-electron chi connectivity index (χ3n) is 2.53. The average Bonchev–Trinajstić information content (AvgIpc) is 2.15. The molecule has 0 unspecified atom stereocenters. The summed E-state index contributed by atoms with van der Waals surface area (Å²) in [6.45, 7) is 1.25. The molecule has 0 spiro atoms. The quantitative estimate of drug-likeness (QED) is 0.863. The minimum absolute atomic E-state index is 0.144. The highest BCUT2D eigenvalue weighted by Gasteiger charge is 2.29. The van der Waals surface area contributed by atoms with Crippen LogP contribution in [0.15, 0.2) is 16.6 Å². The average molecular weight is 289 g/mol. The van der Waals surface area contributed by atoms with Crippen LogP contribution in [-0.2, 0) is 4.79 Å². The van der Waals surface area contributed by atoms with Crippen LogP contribution in [-0.4, -0.2) is 29.1 Å². The summed E-state index contributed by atoms with van der Waals surface area (Å²) in [6.07, 6.45) is 0.162. The van der Waals surface area contributed by atoms with Gasteiger partial charge in [-0.25, -0.2) is 4.98 Å². The Bertz CT molecular complexity index is 421. The van der Waals surface area contributed by atoms with E-state index in [0.29, 0.717) is 23.4 Å². The second-order valence-corrected chi connectivity index (χ2v) is 4.67. The second-order valence-electron chi connectivity index (χ2n) is 3.81. The molecule has 1 fully saturated rings. The molecule has 0 amide bonds.